The molecule has 0 radical (unpaired) electrons. The zero-order chi connectivity index (χ0) is 20.5. The van der Waals surface area contributed by atoms with Gasteiger partial charge in [0, 0.05) is 32.1 Å². The molecule has 1 aliphatic rings. The molecule has 1 aromatic heterocycles. The molecule has 1 aliphatic heterocycles. The Bertz CT molecular complexity index is 870. The molecule has 0 bridgehead atoms. The van der Waals surface area contributed by atoms with Crippen LogP contribution in [0.1, 0.15) is 48.9 Å². The number of hydrogen-bond donors (Lipinski definition) is 1. The maximum Gasteiger partial charge on any atom is 0.336 e. The van der Waals surface area contributed by atoms with Crippen molar-refractivity contribution in [2.24, 2.45) is 7.05 Å². The van der Waals surface area contributed by atoms with Crippen molar-refractivity contribution >= 4 is 11.9 Å². The van der Waals surface area contributed by atoms with E-state index < -0.39 is 0 Å². The molecular weight excluding hydrogens is 361 g/mol. The van der Waals surface area contributed by atoms with Crippen molar-refractivity contribution in [3.63, 3.8) is 0 Å². The molecule has 0 aliphatic carbocycles. The number of nitrogens with one attached hydrogen (secondary N) is 1. The van der Waals surface area contributed by atoms with Crippen LogP contribution in [0.15, 0.2) is 30.3 Å². The minimum Gasteiger partial charge on any atom is -0.332 e. The first-order valence-electron chi connectivity index (χ1n) is 9.33. The molecule has 1 N–H and O–H groups in total. The fourth-order valence-corrected chi connectivity index (χ4v) is 3.07. The molecule has 1 saturated heterocycles. The molecular formula is C20H26FN5O2. The number of urea groups is 1. The van der Waals surface area contributed by atoms with Gasteiger partial charge in [-0.15, -0.1) is 0 Å². The molecule has 0 atom stereocenters. The molecule has 0 saturated carbocycles. The average Bonchev–Trinajstić information content (AvgIpc) is 3.27. The first-order chi connectivity index (χ1) is 13.2. The average molecular weight is 387 g/mol. The third kappa shape index (κ3) is 4.16. The zero-order valence-corrected chi connectivity index (χ0v) is 16.7. The number of hydrogen-bond acceptors (Lipinski definition) is 3. The van der Waals surface area contributed by atoms with Crippen LogP contribution in [0, 0.1) is 5.82 Å². The summed E-state index contributed by atoms with van der Waals surface area (Å²) in [6.45, 7) is 7.30. The van der Waals surface area contributed by atoms with Gasteiger partial charge < -0.3 is 5.32 Å². The van der Waals surface area contributed by atoms with Crippen LogP contribution >= 0.6 is 0 Å². The van der Waals surface area contributed by atoms with Crippen LogP contribution in [0.25, 0.3) is 0 Å². The van der Waals surface area contributed by atoms with Gasteiger partial charge in [0.15, 0.2) is 0 Å². The van der Waals surface area contributed by atoms with Gasteiger partial charge in [-0.2, -0.15) is 5.10 Å². The molecule has 1 aromatic carbocycles. The van der Waals surface area contributed by atoms with Crippen molar-refractivity contribution < 1.29 is 14.0 Å². The van der Waals surface area contributed by atoms with Gasteiger partial charge >= 0.3 is 6.03 Å². The van der Waals surface area contributed by atoms with Gasteiger partial charge in [0.25, 0.3) is 5.91 Å². The third-order valence-corrected chi connectivity index (χ3v) is 4.72. The van der Waals surface area contributed by atoms with Crippen LogP contribution in [0.3, 0.4) is 0 Å². The number of nitrogens with zero attached hydrogens (tertiary/aromatic N) is 4. The van der Waals surface area contributed by atoms with Gasteiger partial charge in [-0.05, 0) is 30.2 Å². The van der Waals surface area contributed by atoms with Crippen LogP contribution in [-0.4, -0.2) is 44.8 Å². The van der Waals surface area contributed by atoms with Gasteiger partial charge in [0.05, 0.1) is 5.69 Å². The molecule has 7 nitrogen and oxygen atoms in total. The summed E-state index contributed by atoms with van der Waals surface area (Å²) < 4.78 is 14.6. The Hall–Kier alpha value is -2.90. The summed E-state index contributed by atoms with van der Waals surface area (Å²) in [7, 11) is 1.73. The lowest BCUT2D eigenvalue weighted by molar-refractivity contribution is 0.0365. The lowest BCUT2D eigenvalue weighted by Gasteiger charge is -2.27. The Morgan fingerprint density at radius 1 is 1.14 bits per heavy atom. The predicted molar refractivity (Wildman–Crippen MR) is 103 cm³/mol. The molecule has 3 rings (SSSR count). The summed E-state index contributed by atoms with van der Waals surface area (Å²) in [5, 5.41) is 10.1. The maximum absolute atomic E-state index is 13.0. The van der Waals surface area contributed by atoms with E-state index >= 15 is 0 Å². The molecule has 28 heavy (non-hydrogen) atoms. The molecule has 3 amide bonds. The summed E-state index contributed by atoms with van der Waals surface area (Å²) in [5.41, 5.74) is 1.88. The highest BCUT2D eigenvalue weighted by Gasteiger charge is 2.33. The maximum atomic E-state index is 13.0. The second-order valence-electron chi connectivity index (χ2n) is 7.98. The first-order valence-corrected chi connectivity index (χ1v) is 9.33. The topological polar surface area (TPSA) is 70.5 Å². The van der Waals surface area contributed by atoms with Crippen molar-refractivity contribution in [3.8, 4) is 0 Å². The van der Waals surface area contributed by atoms with Crippen LogP contribution in [0.4, 0.5) is 9.18 Å². The predicted octanol–water partition coefficient (Wildman–Crippen LogP) is 2.83. The fraction of sp³-hybridized carbons (Fsp3) is 0.450. The van der Waals surface area contributed by atoms with E-state index in [0.717, 1.165) is 11.3 Å². The van der Waals surface area contributed by atoms with Crippen LogP contribution < -0.4 is 5.32 Å². The molecule has 0 unspecified atom stereocenters. The first kappa shape index (κ1) is 19.9. The Balaban J connectivity index is 1.70. The smallest absolute Gasteiger partial charge is 0.332 e. The SMILES string of the molecule is Cn1nc(C(C)(C)C)cc1C(=O)N1CCCN1C(=O)NCc1ccc(F)cc1. The van der Waals surface area contributed by atoms with Crippen LogP contribution in [0.2, 0.25) is 0 Å². The number of benzene rings is 1. The van der Waals surface area contributed by atoms with Gasteiger partial charge in [-0.3, -0.25) is 9.48 Å². The van der Waals surface area contributed by atoms with Gasteiger partial charge in [0.2, 0.25) is 0 Å². The van der Waals surface area contributed by atoms with Crippen molar-refractivity contribution in [2.45, 2.75) is 39.2 Å². The number of amides is 3. The molecule has 2 heterocycles. The second kappa shape index (κ2) is 7.61. The van der Waals surface area contributed by atoms with Crippen molar-refractivity contribution in [2.75, 3.05) is 13.1 Å². The van der Waals surface area contributed by atoms with Gasteiger partial charge in [0.1, 0.15) is 11.5 Å². The molecule has 8 heteroatoms. The van der Waals surface area contributed by atoms with Crippen LogP contribution in [-0.2, 0) is 19.0 Å². The highest BCUT2D eigenvalue weighted by atomic mass is 19.1. The summed E-state index contributed by atoms with van der Waals surface area (Å²) in [4.78, 5) is 25.6. The van der Waals surface area contributed by atoms with Gasteiger partial charge in [-0.25, -0.2) is 19.2 Å². The molecule has 150 valence electrons. The molecule has 0 spiro atoms. The van der Waals surface area contributed by atoms with E-state index in [1.54, 1.807) is 29.9 Å². The Morgan fingerprint density at radius 2 is 1.79 bits per heavy atom. The monoisotopic (exact) mass is 387 g/mol. The van der Waals surface area contributed by atoms with Crippen LogP contribution in [0.5, 0.6) is 0 Å². The van der Waals surface area contributed by atoms with Crippen molar-refractivity contribution in [1.82, 2.24) is 25.1 Å². The van der Waals surface area contributed by atoms with E-state index in [9.17, 15) is 14.0 Å². The summed E-state index contributed by atoms with van der Waals surface area (Å²) in [6.07, 6.45) is 0.708. The summed E-state index contributed by atoms with van der Waals surface area (Å²) >= 11 is 0. The highest BCUT2D eigenvalue weighted by Crippen LogP contribution is 2.23. The van der Waals surface area contributed by atoms with E-state index in [0.29, 0.717) is 25.2 Å². The number of rotatable bonds is 3. The van der Waals surface area contributed by atoms with E-state index in [1.165, 1.54) is 22.2 Å². The summed E-state index contributed by atoms with van der Waals surface area (Å²) in [5.74, 6) is -0.572. The van der Waals surface area contributed by atoms with E-state index in [2.05, 4.69) is 10.4 Å². The molecule has 2 aromatic rings. The minimum atomic E-state index is -0.353. The Morgan fingerprint density at radius 3 is 2.39 bits per heavy atom. The van der Waals surface area contributed by atoms with Crippen molar-refractivity contribution in [3.05, 3.63) is 53.1 Å². The Kier molecular flexibility index (Phi) is 5.40. The standard InChI is InChI=1S/C20H26FN5O2/c1-20(2,3)17-12-16(24(4)23-17)18(27)25-10-5-11-26(25)19(28)22-13-14-6-8-15(21)9-7-14/h6-9,12H,5,10-11,13H2,1-4H3,(H,22,28). The normalized spacial score (nSPS) is 14.5. The number of hydrazine groups is 1. The van der Waals surface area contributed by atoms with Crippen molar-refractivity contribution in [1.29, 1.82) is 0 Å². The zero-order valence-electron chi connectivity index (χ0n) is 16.7. The second-order valence-corrected chi connectivity index (χ2v) is 7.98. The lowest BCUT2D eigenvalue weighted by atomic mass is 9.92. The number of halogens is 1. The number of aryl methyl sites for hydroxylation is 1. The largest absolute Gasteiger partial charge is 0.336 e. The number of carbonyl (C=O) groups is 2. The Labute approximate surface area is 164 Å². The third-order valence-electron chi connectivity index (χ3n) is 4.72. The van der Waals surface area contributed by atoms with E-state index in [-0.39, 0.29) is 29.7 Å². The highest BCUT2D eigenvalue weighted by molar-refractivity contribution is 5.94. The molecule has 1 fully saturated rings. The van der Waals surface area contributed by atoms with Gasteiger partial charge in [-0.1, -0.05) is 32.9 Å². The lowest BCUT2D eigenvalue weighted by Crippen LogP contribution is -2.49. The fourth-order valence-electron chi connectivity index (χ4n) is 3.07. The number of carbonyl (C=O) groups excluding carboxylic acids is 2. The minimum absolute atomic E-state index is 0.173. The quantitative estimate of drug-likeness (QED) is 0.880. The summed E-state index contributed by atoms with van der Waals surface area (Å²) in [6, 6.07) is 7.37. The van der Waals surface area contributed by atoms with E-state index in [4.69, 9.17) is 0 Å². The van der Waals surface area contributed by atoms with E-state index in [1.807, 2.05) is 20.8 Å². The number of aromatic nitrogens is 2.